The van der Waals surface area contributed by atoms with Crippen LogP contribution in [-0.2, 0) is 0 Å². The standard InChI is InChI=1S/C14H16FN3O3/c15-9-2-3-10(13(5-9)18(20)21)14(19)17-6-8-1-4-12(16)11(8)7-17/h2-3,5,8,11-12H,1,4,6-7,16H2/t8-,11-,12+/m0/s1. The molecule has 1 aliphatic carbocycles. The van der Waals surface area contributed by atoms with Crippen molar-refractivity contribution in [2.75, 3.05) is 13.1 Å². The lowest BCUT2D eigenvalue weighted by Gasteiger charge is -2.18. The molecule has 1 saturated carbocycles. The van der Waals surface area contributed by atoms with E-state index < -0.39 is 22.3 Å². The number of carbonyl (C=O) groups excluding carboxylic acids is 1. The van der Waals surface area contributed by atoms with Crippen molar-refractivity contribution in [1.29, 1.82) is 0 Å². The van der Waals surface area contributed by atoms with Gasteiger partial charge in [-0.25, -0.2) is 4.39 Å². The fraction of sp³-hybridized carbons (Fsp3) is 0.500. The molecule has 0 spiro atoms. The van der Waals surface area contributed by atoms with Crippen LogP contribution in [-0.4, -0.2) is 34.9 Å². The molecule has 21 heavy (non-hydrogen) atoms. The summed E-state index contributed by atoms with van der Waals surface area (Å²) < 4.78 is 13.1. The summed E-state index contributed by atoms with van der Waals surface area (Å²) in [5.41, 5.74) is 5.48. The van der Waals surface area contributed by atoms with Gasteiger partial charge < -0.3 is 10.6 Å². The van der Waals surface area contributed by atoms with Gasteiger partial charge in [0.1, 0.15) is 11.4 Å². The van der Waals surface area contributed by atoms with Crippen LogP contribution in [0.25, 0.3) is 0 Å². The fourth-order valence-corrected chi connectivity index (χ4v) is 3.48. The van der Waals surface area contributed by atoms with Crippen molar-refractivity contribution in [1.82, 2.24) is 4.90 Å². The molecule has 7 heteroatoms. The first kappa shape index (κ1) is 13.9. The van der Waals surface area contributed by atoms with E-state index in [9.17, 15) is 19.3 Å². The molecule has 6 nitrogen and oxygen atoms in total. The second-order valence-corrected chi connectivity index (χ2v) is 5.79. The Morgan fingerprint density at radius 3 is 2.81 bits per heavy atom. The molecular weight excluding hydrogens is 277 g/mol. The van der Waals surface area contributed by atoms with E-state index in [1.807, 2.05) is 0 Å². The lowest BCUT2D eigenvalue weighted by Crippen LogP contribution is -2.33. The summed E-state index contributed by atoms with van der Waals surface area (Å²) in [4.78, 5) is 24.4. The minimum absolute atomic E-state index is 0.0602. The van der Waals surface area contributed by atoms with E-state index in [0.29, 0.717) is 19.0 Å². The number of hydrogen-bond donors (Lipinski definition) is 1. The Morgan fingerprint density at radius 2 is 2.14 bits per heavy atom. The third kappa shape index (κ3) is 2.37. The highest BCUT2D eigenvalue weighted by atomic mass is 19.1. The average molecular weight is 293 g/mol. The van der Waals surface area contributed by atoms with E-state index in [4.69, 9.17) is 5.73 Å². The summed E-state index contributed by atoms with van der Waals surface area (Å²) in [6.07, 6.45) is 1.95. The zero-order chi connectivity index (χ0) is 15.1. The number of nitro benzene ring substituents is 1. The van der Waals surface area contributed by atoms with Gasteiger partial charge in [-0.05, 0) is 36.8 Å². The van der Waals surface area contributed by atoms with Crippen molar-refractivity contribution in [2.45, 2.75) is 18.9 Å². The molecule has 1 aromatic carbocycles. The van der Waals surface area contributed by atoms with Crippen LogP contribution in [0.3, 0.4) is 0 Å². The predicted octanol–water partition coefficient (Wildman–Crippen LogP) is 1.54. The van der Waals surface area contributed by atoms with E-state index in [2.05, 4.69) is 0 Å². The van der Waals surface area contributed by atoms with Gasteiger partial charge in [-0.2, -0.15) is 0 Å². The van der Waals surface area contributed by atoms with Gasteiger partial charge in [-0.15, -0.1) is 0 Å². The summed E-state index contributed by atoms with van der Waals surface area (Å²) in [5, 5.41) is 11.0. The molecular formula is C14H16FN3O3. The summed E-state index contributed by atoms with van der Waals surface area (Å²) in [7, 11) is 0. The molecule has 1 amide bonds. The molecule has 1 aromatic rings. The lowest BCUT2D eigenvalue weighted by molar-refractivity contribution is -0.385. The summed E-state index contributed by atoms with van der Waals surface area (Å²) >= 11 is 0. The number of nitrogens with zero attached hydrogens (tertiary/aromatic N) is 2. The van der Waals surface area contributed by atoms with Gasteiger partial charge in [0.2, 0.25) is 0 Å². The normalized spacial score (nSPS) is 27.7. The van der Waals surface area contributed by atoms with Gasteiger partial charge >= 0.3 is 0 Å². The third-order valence-corrected chi connectivity index (χ3v) is 4.59. The maximum absolute atomic E-state index is 13.1. The number of amides is 1. The van der Waals surface area contributed by atoms with Gasteiger partial charge in [-0.1, -0.05) is 0 Å². The highest BCUT2D eigenvalue weighted by molar-refractivity contribution is 5.98. The minimum atomic E-state index is -0.724. The van der Waals surface area contributed by atoms with Crippen molar-refractivity contribution < 1.29 is 14.1 Å². The van der Waals surface area contributed by atoms with Gasteiger partial charge in [-0.3, -0.25) is 14.9 Å². The SMILES string of the molecule is N[C@@H]1CC[C@H]2CN(C(=O)c3ccc(F)cc3[N+](=O)[O-])C[C@@H]21. The van der Waals surface area contributed by atoms with Crippen LogP contribution in [0.5, 0.6) is 0 Å². The smallest absolute Gasteiger partial charge is 0.285 e. The van der Waals surface area contributed by atoms with Crippen molar-refractivity contribution in [3.8, 4) is 0 Å². The van der Waals surface area contributed by atoms with Gasteiger partial charge in [0, 0.05) is 19.1 Å². The molecule has 2 N–H and O–H groups in total. The van der Waals surface area contributed by atoms with Crippen LogP contribution in [0, 0.1) is 27.8 Å². The first-order valence-electron chi connectivity index (χ1n) is 6.96. The van der Waals surface area contributed by atoms with Crippen LogP contribution in [0.4, 0.5) is 10.1 Å². The number of benzene rings is 1. The second kappa shape index (κ2) is 5.07. The van der Waals surface area contributed by atoms with Crippen LogP contribution < -0.4 is 5.73 Å². The molecule has 3 rings (SSSR count). The van der Waals surface area contributed by atoms with Crippen LogP contribution in [0.15, 0.2) is 18.2 Å². The fourth-order valence-electron chi connectivity index (χ4n) is 3.48. The Balaban J connectivity index is 1.85. The quantitative estimate of drug-likeness (QED) is 0.661. The molecule has 2 aliphatic rings. The molecule has 3 atom stereocenters. The van der Waals surface area contributed by atoms with Gasteiger partial charge in [0.05, 0.1) is 11.0 Å². The zero-order valence-electron chi connectivity index (χ0n) is 11.4. The Bertz CT molecular complexity index is 607. The number of nitrogens with two attached hydrogens (primary N) is 1. The number of hydrogen-bond acceptors (Lipinski definition) is 4. The highest BCUT2D eigenvalue weighted by Gasteiger charge is 2.43. The molecule has 2 fully saturated rings. The maximum atomic E-state index is 13.1. The summed E-state index contributed by atoms with van der Waals surface area (Å²) in [6.45, 7) is 1.10. The molecule has 1 aliphatic heterocycles. The Hall–Kier alpha value is -2.02. The molecule has 112 valence electrons. The maximum Gasteiger partial charge on any atom is 0.285 e. The first-order valence-corrected chi connectivity index (χ1v) is 6.96. The molecule has 0 radical (unpaired) electrons. The van der Waals surface area contributed by atoms with Gasteiger partial charge in [0.25, 0.3) is 11.6 Å². The third-order valence-electron chi connectivity index (χ3n) is 4.59. The van der Waals surface area contributed by atoms with Crippen molar-refractivity contribution >= 4 is 11.6 Å². The van der Waals surface area contributed by atoms with E-state index >= 15 is 0 Å². The van der Waals surface area contributed by atoms with E-state index in [1.54, 1.807) is 4.90 Å². The molecule has 0 bridgehead atoms. The first-order chi connectivity index (χ1) is 9.97. The second-order valence-electron chi connectivity index (χ2n) is 5.79. The predicted molar refractivity (Wildman–Crippen MR) is 73.1 cm³/mol. The lowest BCUT2D eigenvalue weighted by atomic mass is 9.98. The number of carbonyl (C=O) groups is 1. The molecule has 0 aromatic heterocycles. The van der Waals surface area contributed by atoms with Gasteiger partial charge in [0.15, 0.2) is 0 Å². The van der Waals surface area contributed by atoms with Crippen molar-refractivity contribution in [3.63, 3.8) is 0 Å². The van der Waals surface area contributed by atoms with E-state index in [0.717, 1.165) is 25.0 Å². The minimum Gasteiger partial charge on any atom is -0.338 e. The van der Waals surface area contributed by atoms with E-state index in [1.165, 1.54) is 6.07 Å². The summed E-state index contributed by atoms with van der Waals surface area (Å²) in [5.74, 6) is -0.487. The summed E-state index contributed by atoms with van der Waals surface area (Å²) in [6, 6.07) is 3.14. The molecule has 0 unspecified atom stereocenters. The largest absolute Gasteiger partial charge is 0.338 e. The van der Waals surface area contributed by atoms with Crippen LogP contribution >= 0.6 is 0 Å². The van der Waals surface area contributed by atoms with Crippen molar-refractivity contribution in [3.05, 3.63) is 39.7 Å². The van der Waals surface area contributed by atoms with Crippen LogP contribution in [0.1, 0.15) is 23.2 Å². The Morgan fingerprint density at radius 1 is 1.38 bits per heavy atom. The number of nitro groups is 1. The zero-order valence-corrected chi connectivity index (χ0v) is 11.4. The number of halogens is 1. The van der Waals surface area contributed by atoms with Crippen molar-refractivity contribution in [2.24, 2.45) is 17.6 Å². The number of fused-ring (bicyclic) bond motifs is 1. The number of rotatable bonds is 2. The highest BCUT2D eigenvalue weighted by Crippen LogP contribution is 2.38. The van der Waals surface area contributed by atoms with Crippen LogP contribution in [0.2, 0.25) is 0 Å². The Kier molecular flexibility index (Phi) is 3.36. The number of likely N-dealkylation sites (tertiary alicyclic amines) is 1. The molecule has 1 saturated heterocycles. The molecule has 1 heterocycles. The Labute approximate surface area is 120 Å². The average Bonchev–Trinajstić information content (AvgIpc) is 3.00. The topological polar surface area (TPSA) is 89.5 Å². The van der Waals surface area contributed by atoms with E-state index in [-0.39, 0.29) is 17.5 Å². The monoisotopic (exact) mass is 293 g/mol.